The molecule has 2 amide bonds. The lowest BCUT2D eigenvalue weighted by molar-refractivity contribution is -0.141. The van der Waals surface area contributed by atoms with Crippen LogP contribution in [0.4, 0.5) is 4.79 Å². The fraction of sp³-hybridized carbons (Fsp3) is 0.571. The number of amides is 2. The van der Waals surface area contributed by atoms with Gasteiger partial charge in [0.2, 0.25) is 5.91 Å². The summed E-state index contributed by atoms with van der Waals surface area (Å²) in [6, 6.07) is -1.18. The number of hydrogen-bond acceptors (Lipinski definition) is 5. The number of aliphatic carboxylic acids is 2. The lowest BCUT2D eigenvalue weighted by Crippen LogP contribution is -2.40. The monoisotopic (exact) mass is 330 g/mol. The van der Waals surface area contributed by atoms with Crippen LogP contribution in [0.15, 0.2) is 12.2 Å². The van der Waals surface area contributed by atoms with Gasteiger partial charge in [-0.1, -0.05) is 0 Å². The standard InChI is InChI=1S/C14H22N2O7/c1-14(2,3)23-13(22)15-8-4-5-9(12(20)21)16-10(17)6-7-11(18)19/h6-7,9H,4-5,8H2,1-3H3,(H,15,22)(H,16,17)(H,18,19)(H,20,21)/b7-6-/t9-/m1/s1. The van der Waals surface area contributed by atoms with Crippen LogP contribution in [0.25, 0.3) is 0 Å². The van der Waals surface area contributed by atoms with Crippen molar-refractivity contribution < 1.29 is 34.1 Å². The first-order valence-corrected chi connectivity index (χ1v) is 6.92. The van der Waals surface area contributed by atoms with Crippen molar-refractivity contribution in [2.75, 3.05) is 6.54 Å². The molecule has 0 unspecified atom stereocenters. The fourth-order valence-electron chi connectivity index (χ4n) is 1.44. The highest BCUT2D eigenvalue weighted by Gasteiger charge is 2.19. The molecule has 9 nitrogen and oxygen atoms in total. The van der Waals surface area contributed by atoms with E-state index in [1.54, 1.807) is 20.8 Å². The molecule has 0 aliphatic carbocycles. The van der Waals surface area contributed by atoms with Crippen molar-refractivity contribution in [2.45, 2.75) is 45.3 Å². The van der Waals surface area contributed by atoms with Crippen LogP contribution in [0.5, 0.6) is 0 Å². The lowest BCUT2D eigenvalue weighted by Gasteiger charge is -2.20. The normalized spacial score (nSPS) is 12.5. The molecule has 0 bridgehead atoms. The molecule has 0 saturated heterocycles. The number of carboxylic acid groups (broad SMARTS) is 2. The fourth-order valence-corrected chi connectivity index (χ4v) is 1.44. The van der Waals surface area contributed by atoms with Crippen LogP contribution in [0, 0.1) is 0 Å². The molecule has 0 saturated carbocycles. The van der Waals surface area contributed by atoms with Gasteiger partial charge in [-0.3, -0.25) is 4.79 Å². The number of alkyl carbamates (subject to hydrolysis) is 1. The van der Waals surface area contributed by atoms with Crippen LogP contribution >= 0.6 is 0 Å². The topological polar surface area (TPSA) is 142 Å². The minimum atomic E-state index is -1.31. The molecule has 9 heteroatoms. The third kappa shape index (κ3) is 11.7. The first-order valence-electron chi connectivity index (χ1n) is 6.92. The molecular formula is C14H22N2O7. The zero-order valence-electron chi connectivity index (χ0n) is 13.3. The highest BCUT2D eigenvalue weighted by Crippen LogP contribution is 2.06. The molecule has 0 aliphatic rings. The summed E-state index contributed by atoms with van der Waals surface area (Å²) in [6.07, 6.45) is 1.09. The van der Waals surface area contributed by atoms with Gasteiger partial charge < -0.3 is 25.6 Å². The molecule has 0 spiro atoms. The molecule has 1 atom stereocenters. The molecule has 0 aromatic rings. The first-order chi connectivity index (χ1) is 10.5. The van der Waals surface area contributed by atoms with Crippen molar-refractivity contribution in [1.82, 2.24) is 10.6 Å². The van der Waals surface area contributed by atoms with Gasteiger partial charge in [0, 0.05) is 18.7 Å². The van der Waals surface area contributed by atoms with Crippen molar-refractivity contribution in [3.63, 3.8) is 0 Å². The Labute approximate surface area is 133 Å². The number of rotatable bonds is 8. The Bertz CT molecular complexity index is 480. The van der Waals surface area contributed by atoms with Gasteiger partial charge in [0.05, 0.1) is 0 Å². The second-order valence-electron chi connectivity index (χ2n) is 5.64. The van der Waals surface area contributed by atoms with Crippen LogP contribution in [0.1, 0.15) is 33.6 Å². The van der Waals surface area contributed by atoms with E-state index in [2.05, 4.69) is 10.6 Å². The van der Waals surface area contributed by atoms with Crippen LogP contribution in [-0.4, -0.2) is 52.3 Å². The van der Waals surface area contributed by atoms with Crippen molar-refractivity contribution in [2.24, 2.45) is 0 Å². The molecular weight excluding hydrogens is 308 g/mol. The van der Waals surface area contributed by atoms with Crippen molar-refractivity contribution in [3.05, 3.63) is 12.2 Å². The average Bonchev–Trinajstić information content (AvgIpc) is 2.37. The maximum absolute atomic E-state index is 11.4. The van der Waals surface area contributed by atoms with Crippen molar-refractivity contribution in [3.8, 4) is 0 Å². The predicted octanol–water partition coefficient (Wildman–Crippen LogP) is 0.502. The molecule has 0 aromatic heterocycles. The van der Waals surface area contributed by atoms with Crippen LogP contribution in [-0.2, 0) is 19.1 Å². The SMILES string of the molecule is CC(C)(C)OC(=O)NCCC[C@@H](NC(=O)/C=C\C(=O)O)C(=O)O. The highest BCUT2D eigenvalue weighted by molar-refractivity contribution is 5.95. The number of hydrogen-bond donors (Lipinski definition) is 4. The zero-order valence-corrected chi connectivity index (χ0v) is 13.3. The van der Waals surface area contributed by atoms with Gasteiger partial charge in [-0.05, 0) is 33.6 Å². The van der Waals surface area contributed by atoms with E-state index in [9.17, 15) is 19.2 Å². The minimum Gasteiger partial charge on any atom is -0.480 e. The second kappa shape index (κ2) is 9.44. The maximum Gasteiger partial charge on any atom is 0.407 e. The van der Waals surface area contributed by atoms with Crippen LogP contribution in [0.3, 0.4) is 0 Å². The number of carboxylic acids is 2. The van der Waals surface area contributed by atoms with E-state index in [1.807, 2.05) is 0 Å². The Morgan fingerprint density at radius 1 is 1.13 bits per heavy atom. The summed E-state index contributed by atoms with van der Waals surface area (Å²) in [7, 11) is 0. The molecule has 0 aromatic carbocycles. The Balaban J connectivity index is 4.21. The van der Waals surface area contributed by atoms with Gasteiger partial charge in [-0.25, -0.2) is 14.4 Å². The first kappa shape index (κ1) is 20.4. The van der Waals surface area contributed by atoms with Gasteiger partial charge in [-0.15, -0.1) is 0 Å². The predicted molar refractivity (Wildman–Crippen MR) is 79.8 cm³/mol. The summed E-state index contributed by atoms with van der Waals surface area (Å²) in [5.74, 6) is -3.38. The van der Waals surface area contributed by atoms with Gasteiger partial charge in [-0.2, -0.15) is 0 Å². The molecule has 0 fully saturated rings. The van der Waals surface area contributed by atoms with Gasteiger partial charge in [0.25, 0.3) is 0 Å². The smallest absolute Gasteiger partial charge is 0.407 e. The molecule has 0 rings (SSSR count). The molecule has 0 aliphatic heterocycles. The molecule has 130 valence electrons. The van der Waals surface area contributed by atoms with E-state index in [0.717, 1.165) is 6.08 Å². The Morgan fingerprint density at radius 2 is 1.74 bits per heavy atom. The van der Waals surface area contributed by atoms with Crippen LogP contribution < -0.4 is 10.6 Å². The van der Waals surface area contributed by atoms with E-state index in [1.165, 1.54) is 0 Å². The molecule has 4 N–H and O–H groups in total. The van der Waals surface area contributed by atoms with E-state index < -0.39 is 35.6 Å². The van der Waals surface area contributed by atoms with Gasteiger partial charge >= 0.3 is 18.0 Å². The largest absolute Gasteiger partial charge is 0.480 e. The van der Waals surface area contributed by atoms with Gasteiger partial charge in [0.15, 0.2) is 0 Å². The van der Waals surface area contributed by atoms with E-state index in [0.29, 0.717) is 12.5 Å². The van der Waals surface area contributed by atoms with E-state index >= 15 is 0 Å². The summed E-state index contributed by atoms with van der Waals surface area (Å²) in [5, 5.41) is 22.0. The summed E-state index contributed by atoms with van der Waals surface area (Å²) in [6.45, 7) is 5.33. The van der Waals surface area contributed by atoms with Crippen LogP contribution in [0.2, 0.25) is 0 Å². The Morgan fingerprint density at radius 3 is 2.22 bits per heavy atom. The van der Waals surface area contributed by atoms with E-state index in [-0.39, 0.29) is 13.0 Å². The second-order valence-corrected chi connectivity index (χ2v) is 5.64. The zero-order chi connectivity index (χ0) is 18.0. The summed E-state index contributed by atoms with van der Waals surface area (Å²) in [4.78, 5) is 44.0. The maximum atomic E-state index is 11.4. The average molecular weight is 330 g/mol. The number of carbonyl (C=O) groups is 4. The third-order valence-electron chi connectivity index (χ3n) is 2.33. The lowest BCUT2D eigenvalue weighted by atomic mass is 10.1. The quantitative estimate of drug-likeness (QED) is 0.375. The highest BCUT2D eigenvalue weighted by atomic mass is 16.6. The van der Waals surface area contributed by atoms with Crippen molar-refractivity contribution in [1.29, 1.82) is 0 Å². The molecule has 0 radical (unpaired) electrons. The Hall–Kier alpha value is -2.58. The molecule has 0 heterocycles. The number of carbonyl (C=O) groups excluding carboxylic acids is 2. The van der Waals surface area contributed by atoms with Crippen molar-refractivity contribution >= 4 is 23.9 Å². The summed E-state index contributed by atoms with van der Waals surface area (Å²) in [5.41, 5.74) is -0.627. The Kier molecular flexibility index (Phi) is 8.38. The third-order valence-corrected chi connectivity index (χ3v) is 2.33. The summed E-state index contributed by atoms with van der Waals surface area (Å²) < 4.78 is 5.01. The van der Waals surface area contributed by atoms with Gasteiger partial charge in [0.1, 0.15) is 11.6 Å². The van der Waals surface area contributed by atoms with E-state index in [4.69, 9.17) is 14.9 Å². The number of nitrogens with one attached hydrogen (secondary N) is 2. The number of ether oxygens (including phenoxy) is 1. The summed E-state index contributed by atoms with van der Waals surface area (Å²) >= 11 is 0. The molecule has 23 heavy (non-hydrogen) atoms. The minimum absolute atomic E-state index is 0.0672.